The van der Waals surface area contributed by atoms with E-state index in [-0.39, 0.29) is 0 Å². The van der Waals surface area contributed by atoms with Crippen LogP contribution in [0.2, 0.25) is 0 Å². The van der Waals surface area contributed by atoms with Crippen LogP contribution in [0.4, 0.5) is 0 Å². The summed E-state index contributed by atoms with van der Waals surface area (Å²) in [5, 5.41) is 0. The van der Waals surface area contributed by atoms with Crippen LogP contribution in [0.25, 0.3) is 0 Å². The smallest absolute Gasteiger partial charge is 0.220 e. The van der Waals surface area contributed by atoms with Crippen LogP contribution in [0, 0.1) is 0 Å². The second-order valence-corrected chi connectivity index (χ2v) is 1.74. The van der Waals surface area contributed by atoms with E-state index in [1.165, 1.54) is 0 Å². The average Bonchev–Trinajstić information content (AvgIpc) is 1.91. The Morgan fingerprint density at radius 3 is 2.57 bits per heavy atom. The molecule has 0 fully saturated rings. The molecular weight excluding hydrogens is 88.1 g/mol. The van der Waals surface area contributed by atoms with E-state index in [4.69, 9.17) is 0 Å². The number of nitrogens with zero attached hydrogens (tertiary/aromatic N) is 2. The van der Waals surface area contributed by atoms with E-state index in [0.29, 0.717) is 6.17 Å². The van der Waals surface area contributed by atoms with Crippen LogP contribution in [0.1, 0.15) is 6.92 Å². The van der Waals surface area contributed by atoms with Crippen molar-refractivity contribution in [3.05, 3.63) is 0 Å². The molecule has 1 atom stereocenters. The van der Waals surface area contributed by atoms with E-state index in [0.717, 1.165) is 0 Å². The lowest BCUT2D eigenvalue weighted by Crippen LogP contribution is -2.11. The van der Waals surface area contributed by atoms with Crippen molar-refractivity contribution < 1.29 is 4.58 Å². The lowest BCUT2D eigenvalue weighted by molar-refractivity contribution is -0.522. The van der Waals surface area contributed by atoms with Crippen molar-refractivity contribution >= 4 is 12.4 Å². The van der Waals surface area contributed by atoms with Gasteiger partial charge in [0.2, 0.25) is 6.17 Å². The van der Waals surface area contributed by atoms with E-state index >= 15 is 0 Å². The topological polar surface area (TPSA) is 15.4 Å². The zero-order valence-corrected chi connectivity index (χ0v) is 4.63. The number of hydrogen-bond acceptors (Lipinski definition) is 1. The highest BCUT2D eigenvalue weighted by molar-refractivity contribution is 6.14. The summed E-state index contributed by atoms with van der Waals surface area (Å²) in [6, 6.07) is 0. The van der Waals surface area contributed by atoms with Crippen LogP contribution in [-0.4, -0.2) is 30.2 Å². The molecule has 7 heavy (non-hydrogen) atoms. The molecule has 1 rings (SSSR count). The van der Waals surface area contributed by atoms with Gasteiger partial charge in [0.25, 0.3) is 0 Å². The van der Waals surface area contributed by atoms with E-state index in [9.17, 15) is 0 Å². The van der Waals surface area contributed by atoms with E-state index in [2.05, 4.69) is 16.5 Å². The Balaban J connectivity index is 2.69. The van der Waals surface area contributed by atoms with Gasteiger partial charge in [-0.1, -0.05) is 0 Å². The minimum Gasteiger partial charge on any atom is -0.220 e. The van der Waals surface area contributed by atoms with Gasteiger partial charge in [0, 0.05) is 6.92 Å². The minimum atomic E-state index is 0.361. The molecule has 0 amide bonds. The Bertz CT molecular complexity index is 124. The summed E-state index contributed by atoms with van der Waals surface area (Å²) in [6.45, 7) is 2.06. The standard InChI is InChI=1S/C5H9N2/c1-5-6-3-4-7(5)2/h3-5H,1-2H3/q+1. The van der Waals surface area contributed by atoms with E-state index in [1.54, 1.807) is 0 Å². The molecule has 0 N–H and O–H groups in total. The predicted octanol–water partition coefficient (Wildman–Crippen LogP) is 0.130. The van der Waals surface area contributed by atoms with Crippen molar-refractivity contribution in [1.82, 2.24) is 0 Å². The van der Waals surface area contributed by atoms with Gasteiger partial charge in [-0.05, 0) is 0 Å². The van der Waals surface area contributed by atoms with Gasteiger partial charge in [0.05, 0.1) is 6.21 Å². The fourth-order valence-corrected chi connectivity index (χ4v) is 0.498. The van der Waals surface area contributed by atoms with Crippen molar-refractivity contribution in [2.75, 3.05) is 7.05 Å². The van der Waals surface area contributed by atoms with E-state index in [1.807, 2.05) is 19.5 Å². The van der Waals surface area contributed by atoms with Crippen LogP contribution in [0.15, 0.2) is 4.99 Å². The van der Waals surface area contributed by atoms with Gasteiger partial charge in [-0.3, -0.25) is 0 Å². The molecule has 0 saturated heterocycles. The first-order valence-electron chi connectivity index (χ1n) is 2.39. The maximum absolute atomic E-state index is 4.06. The molecule has 0 aliphatic carbocycles. The molecular formula is C5H9N2+. The summed E-state index contributed by atoms with van der Waals surface area (Å²) < 4.78 is 2.06. The molecule has 0 radical (unpaired) electrons. The SMILES string of the molecule is CC1N=CC=[N+]1C. The molecule has 2 nitrogen and oxygen atoms in total. The van der Waals surface area contributed by atoms with Gasteiger partial charge in [0.15, 0.2) is 6.21 Å². The highest BCUT2D eigenvalue weighted by Gasteiger charge is 2.09. The fraction of sp³-hybridized carbons (Fsp3) is 0.600. The molecule has 0 aromatic heterocycles. The monoisotopic (exact) mass is 97.1 g/mol. The Hall–Kier alpha value is -0.660. The molecule has 0 saturated carbocycles. The zero-order chi connectivity index (χ0) is 5.28. The first kappa shape index (κ1) is 4.50. The predicted molar refractivity (Wildman–Crippen MR) is 30.2 cm³/mol. The van der Waals surface area contributed by atoms with Crippen LogP contribution >= 0.6 is 0 Å². The first-order chi connectivity index (χ1) is 3.30. The Morgan fingerprint density at radius 1 is 1.71 bits per heavy atom. The second kappa shape index (κ2) is 1.45. The summed E-state index contributed by atoms with van der Waals surface area (Å²) in [7, 11) is 2.01. The Labute approximate surface area is 43.2 Å². The maximum atomic E-state index is 4.06. The number of aliphatic imine (C=N–C) groups is 1. The molecule has 0 bridgehead atoms. The summed E-state index contributed by atoms with van der Waals surface area (Å²) in [5.74, 6) is 0. The van der Waals surface area contributed by atoms with Crippen molar-refractivity contribution in [2.45, 2.75) is 13.1 Å². The highest BCUT2D eigenvalue weighted by Crippen LogP contribution is 1.90. The zero-order valence-electron chi connectivity index (χ0n) is 4.63. The largest absolute Gasteiger partial charge is 0.242 e. The van der Waals surface area contributed by atoms with Crippen molar-refractivity contribution in [1.29, 1.82) is 0 Å². The van der Waals surface area contributed by atoms with E-state index < -0.39 is 0 Å². The first-order valence-corrected chi connectivity index (χ1v) is 2.39. The van der Waals surface area contributed by atoms with Crippen LogP contribution in [0.5, 0.6) is 0 Å². The summed E-state index contributed by atoms with van der Waals surface area (Å²) >= 11 is 0. The highest BCUT2D eigenvalue weighted by atomic mass is 15.1. The molecule has 1 unspecified atom stereocenters. The summed E-state index contributed by atoms with van der Waals surface area (Å²) in [6.07, 6.45) is 4.15. The van der Waals surface area contributed by atoms with Gasteiger partial charge in [-0.15, -0.1) is 0 Å². The summed E-state index contributed by atoms with van der Waals surface area (Å²) in [5.41, 5.74) is 0. The molecule has 1 heterocycles. The lowest BCUT2D eigenvalue weighted by atomic mass is 10.6. The van der Waals surface area contributed by atoms with Gasteiger partial charge in [-0.2, -0.15) is 0 Å². The van der Waals surface area contributed by atoms with Crippen LogP contribution in [-0.2, 0) is 0 Å². The maximum Gasteiger partial charge on any atom is 0.242 e. The molecule has 38 valence electrons. The van der Waals surface area contributed by atoms with Crippen molar-refractivity contribution in [2.24, 2.45) is 4.99 Å². The average molecular weight is 97.1 g/mol. The number of rotatable bonds is 0. The van der Waals surface area contributed by atoms with Gasteiger partial charge in [-0.25, -0.2) is 9.57 Å². The Kier molecular flexibility index (Phi) is 0.929. The third-order valence-electron chi connectivity index (χ3n) is 1.19. The van der Waals surface area contributed by atoms with Crippen molar-refractivity contribution in [3.8, 4) is 0 Å². The van der Waals surface area contributed by atoms with Crippen molar-refractivity contribution in [3.63, 3.8) is 0 Å². The summed E-state index contributed by atoms with van der Waals surface area (Å²) in [4.78, 5) is 4.06. The minimum absolute atomic E-state index is 0.361. The fourth-order valence-electron chi connectivity index (χ4n) is 0.498. The molecule has 0 spiro atoms. The molecule has 2 heteroatoms. The quantitative estimate of drug-likeness (QED) is 0.382. The lowest BCUT2D eigenvalue weighted by Gasteiger charge is -1.91. The van der Waals surface area contributed by atoms with Crippen LogP contribution < -0.4 is 0 Å². The number of hydrogen-bond donors (Lipinski definition) is 0. The molecule has 0 aromatic carbocycles. The molecule has 1 aliphatic heterocycles. The second-order valence-electron chi connectivity index (χ2n) is 1.74. The van der Waals surface area contributed by atoms with Gasteiger partial charge >= 0.3 is 0 Å². The third-order valence-corrected chi connectivity index (χ3v) is 1.19. The van der Waals surface area contributed by atoms with Gasteiger partial charge in [0.1, 0.15) is 7.05 Å². The normalized spacial score (nSPS) is 28.3. The molecule has 1 aliphatic rings. The molecule has 0 aromatic rings. The third kappa shape index (κ3) is 0.683. The Morgan fingerprint density at radius 2 is 2.43 bits per heavy atom. The van der Waals surface area contributed by atoms with Crippen LogP contribution in [0.3, 0.4) is 0 Å². The van der Waals surface area contributed by atoms with Gasteiger partial charge < -0.3 is 0 Å².